The lowest BCUT2D eigenvalue weighted by Gasteiger charge is -2.30. The number of anilines is 1. The van der Waals surface area contributed by atoms with Gasteiger partial charge in [-0.15, -0.1) is 21.5 Å². The van der Waals surface area contributed by atoms with Crippen LogP contribution in [0.1, 0.15) is 36.9 Å². The average Bonchev–Trinajstić information content (AvgIpc) is 3.60. The van der Waals surface area contributed by atoms with E-state index >= 15 is 0 Å². The van der Waals surface area contributed by atoms with Crippen LogP contribution in [0.25, 0.3) is 11.6 Å². The van der Waals surface area contributed by atoms with Crippen molar-refractivity contribution in [1.29, 1.82) is 0 Å². The zero-order valence-electron chi connectivity index (χ0n) is 19.9. The number of carbonyl (C=O) groups excluding carboxylic acids is 2. The third-order valence-electron chi connectivity index (χ3n) is 5.33. The minimum absolute atomic E-state index is 0.192. The van der Waals surface area contributed by atoms with Crippen LogP contribution in [0.15, 0.2) is 64.4 Å². The van der Waals surface area contributed by atoms with Crippen LogP contribution < -0.4 is 10.2 Å². The molecular formula is C25H28N6O3S. The minimum atomic E-state index is -0.826. The molecule has 0 bridgehead atoms. The molecule has 0 aliphatic heterocycles. The number of amides is 2. The van der Waals surface area contributed by atoms with Gasteiger partial charge in [0, 0.05) is 17.1 Å². The van der Waals surface area contributed by atoms with Crippen molar-refractivity contribution in [2.75, 3.05) is 11.4 Å². The van der Waals surface area contributed by atoms with Crippen LogP contribution in [0.2, 0.25) is 0 Å². The van der Waals surface area contributed by atoms with E-state index in [1.807, 2.05) is 60.8 Å². The first-order chi connectivity index (χ1) is 16.9. The molecule has 0 saturated carbocycles. The van der Waals surface area contributed by atoms with Gasteiger partial charge in [0.2, 0.25) is 11.7 Å². The van der Waals surface area contributed by atoms with Crippen molar-refractivity contribution in [3.8, 4) is 11.6 Å². The molecule has 3 heterocycles. The first-order valence-electron chi connectivity index (χ1n) is 11.4. The standard InChI is InChI=1S/C25H28N6O3S/c1-17(2)13-14-26-25(33)23(21-10-7-15-35-21)31(19-8-5-4-6-9-19)22(32)16-30-28-24(27-29-30)20-12-11-18(3)34-20/h4-12,15,17,23H,13-14,16H2,1-3H3,(H,26,33). The third kappa shape index (κ3) is 6.02. The van der Waals surface area contributed by atoms with Crippen LogP contribution in [0.3, 0.4) is 0 Å². The molecule has 0 aliphatic carbocycles. The van der Waals surface area contributed by atoms with Crippen LogP contribution in [0.5, 0.6) is 0 Å². The van der Waals surface area contributed by atoms with Gasteiger partial charge in [0.25, 0.3) is 5.91 Å². The molecule has 4 aromatic rings. The summed E-state index contributed by atoms with van der Waals surface area (Å²) >= 11 is 1.43. The Labute approximate surface area is 207 Å². The van der Waals surface area contributed by atoms with Gasteiger partial charge in [-0.2, -0.15) is 4.80 Å². The van der Waals surface area contributed by atoms with E-state index in [2.05, 4.69) is 34.6 Å². The largest absolute Gasteiger partial charge is 0.458 e. The molecule has 0 spiro atoms. The van der Waals surface area contributed by atoms with E-state index in [9.17, 15) is 9.59 Å². The van der Waals surface area contributed by atoms with Crippen LogP contribution in [0.4, 0.5) is 5.69 Å². The van der Waals surface area contributed by atoms with Gasteiger partial charge in [-0.1, -0.05) is 38.1 Å². The number of hydrogen-bond donors (Lipinski definition) is 1. The lowest BCUT2D eigenvalue weighted by atomic mass is 10.1. The number of tetrazole rings is 1. The van der Waals surface area contributed by atoms with Crippen molar-refractivity contribution in [1.82, 2.24) is 25.5 Å². The SMILES string of the molecule is Cc1ccc(-c2nnn(CC(=O)N(c3ccccc3)C(C(=O)NCCC(C)C)c3cccs3)n2)o1. The zero-order chi connectivity index (χ0) is 24.8. The normalized spacial score (nSPS) is 12.0. The number of para-hydroxylation sites is 1. The predicted octanol–water partition coefficient (Wildman–Crippen LogP) is 4.24. The summed E-state index contributed by atoms with van der Waals surface area (Å²) in [6.07, 6.45) is 0.847. The maximum absolute atomic E-state index is 13.7. The maximum atomic E-state index is 13.7. The van der Waals surface area contributed by atoms with Crippen molar-refractivity contribution >= 4 is 28.8 Å². The Hall–Kier alpha value is -3.79. The number of furan rings is 1. The number of aryl methyl sites for hydroxylation is 1. The summed E-state index contributed by atoms with van der Waals surface area (Å²) in [5, 5.41) is 17.2. The van der Waals surface area contributed by atoms with Crippen molar-refractivity contribution in [3.05, 3.63) is 70.6 Å². The molecule has 1 atom stereocenters. The Morgan fingerprint density at radius 1 is 1.11 bits per heavy atom. The second kappa shape index (κ2) is 11.1. The molecule has 9 nitrogen and oxygen atoms in total. The smallest absolute Gasteiger partial charge is 0.251 e. The molecule has 4 rings (SSSR count). The first-order valence-corrected chi connectivity index (χ1v) is 12.3. The topological polar surface area (TPSA) is 106 Å². The second-order valence-corrected chi connectivity index (χ2v) is 9.52. The van der Waals surface area contributed by atoms with E-state index < -0.39 is 6.04 Å². The van der Waals surface area contributed by atoms with Crippen LogP contribution in [-0.2, 0) is 16.1 Å². The predicted molar refractivity (Wildman–Crippen MR) is 134 cm³/mol. The highest BCUT2D eigenvalue weighted by Gasteiger charge is 2.34. The summed E-state index contributed by atoms with van der Waals surface area (Å²) < 4.78 is 5.55. The Balaban J connectivity index is 1.63. The van der Waals surface area contributed by atoms with Gasteiger partial charge < -0.3 is 9.73 Å². The van der Waals surface area contributed by atoms with Gasteiger partial charge in [0.15, 0.2) is 5.76 Å². The summed E-state index contributed by atoms with van der Waals surface area (Å²) in [7, 11) is 0. The summed E-state index contributed by atoms with van der Waals surface area (Å²) in [5.41, 5.74) is 0.608. The number of carbonyl (C=O) groups is 2. The highest BCUT2D eigenvalue weighted by atomic mass is 32.1. The van der Waals surface area contributed by atoms with E-state index in [1.54, 1.807) is 6.07 Å². The number of thiophene rings is 1. The molecule has 3 aromatic heterocycles. The maximum Gasteiger partial charge on any atom is 0.251 e. The van der Waals surface area contributed by atoms with Crippen molar-refractivity contribution in [2.45, 2.75) is 39.8 Å². The molecule has 1 aromatic carbocycles. The third-order valence-corrected chi connectivity index (χ3v) is 6.26. The summed E-state index contributed by atoms with van der Waals surface area (Å²) in [6.45, 7) is 6.37. The Morgan fingerprint density at radius 2 is 1.91 bits per heavy atom. The van der Waals surface area contributed by atoms with Gasteiger partial charge in [-0.05, 0) is 60.2 Å². The molecule has 0 fully saturated rings. The number of nitrogens with one attached hydrogen (secondary N) is 1. The van der Waals surface area contributed by atoms with Crippen molar-refractivity contribution in [3.63, 3.8) is 0 Å². The molecule has 182 valence electrons. The van der Waals surface area contributed by atoms with Crippen LogP contribution in [-0.4, -0.2) is 38.6 Å². The Morgan fingerprint density at radius 3 is 2.57 bits per heavy atom. The molecular weight excluding hydrogens is 464 g/mol. The fourth-order valence-corrected chi connectivity index (χ4v) is 4.40. The van der Waals surface area contributed by atoms with Gasteiger partial charge in [0.05, 0.1) is 0 Å². The van der Waals surface area contributed by atoms with E-state index in [0.717, 1.165) is 17.1 Å². The first kappa shape index (κ1) is 24.3. The Bertz CT molecular complexity index is 1250. The van der Waals surface area contributed by atoms with Crippen LogP contribution in [0, 0.1) is 12.8 Å². The van der Waals surface area contributed by atoms with Crippen LogP contribution >= 0.6 is 11.3 Å². The quantitative estimate of drug-likeness (QED) is 0.355. The fraction of sp³-hybridized carbons (Fsp3) is 0.320. The Kier molecular flexibility index (Phi) is 7.71. The fourth-order valence-electron chi connectivity index (χ4n) is 3.59. The number of aromatic nitrogens is 4. The van der Waals surface area contributed by atoms with E-state index in [1.165, 1.54) is 21.0 Å². The molecule has 1 unspecified atom stereocenters. The number of hydrogen-bond acceptors (Lipinski definition) is 7. The lowest BCUT2D eigenvalue weighted by molar-refractivity contribution is -0.127. The monoisotopic (exact) mass is 492 g/mol. The molecule has 0 radical (unpaired) electrons. The summed E-state index contributed by atoms with van der Waals surface area (Å²) in [6, 6.07) is 15.6. The van der Waals surface area contributed by atoms with Gasteiger partial charge in [-0.25, -0.2) is 0 Å². The highest BCUT2D eigenvalue weighted by molar-refractivity contribution is 7.10. The van der Waals surface area contributed by atoms with Gasteiger partial charge >= 0.3 is 0 Å². The zero-order valence-corrected chi connectivity index (χ0v) is 20.7. The van der Waals surface area contributed by atoms with E-state index in [0.29, 0.717) is 29.7 Å². The van der Waals surface area contributed by atoms with Gasteiger partial charge in [-0.3, -0.25) is 14.5 Å². The number of nitrogens with zero attached hydrogens (tertiary/aromatic N) is 5. The van der Waals surface area contributed by atoms with Crippen molar-refractivity contribution in [2.24, 2.45) is 5.92 Å². The van der Waals surface area contributed by atoms with E-state index in [4.69, 9.17) is 4.42 Å². The molecule has 0 saturated heterocycles. The summed E-state index contributed by atoms with van der Waals surface area (Å²) in [4.78, 5) is 30.6. The summed E-state index contributed by atoms with van der Waals surface area (Å²) in [5.74, 6) is 1.37. The lowest BCUT2D eigenvalue weighted by Crippen LogP contribution is -2.45. The molecule has 0 aliphatic rings. The minimum Gasteiger partial charge on any atom is -0.458 e. The van der Waals surface area contributed by atoms with Gasteiger partial charge in [0.1, 0.15) is 18.3 Å². The molecule has 1 N–H and O–H groups in total. The number of rotatable bonds is 10. The molecule has 10 heteroatoms. The van der Waals surface area contributed by atoms with E-state index in [-0.39, 0.29) is 18.4 Å². The van der Waals surface area contributed by atoms with Crippen molar-refractivity contribution < 1.29 is 14.0 Å². The molecule has 35 heavy (non-hydrogen) atoms. The molecule has 2 amide bonds. The average molecular weight is 493 g/mol. The second-order valence-electron chi connectivity index (χ2n) is 8.54. The number of benzene rings is 1. The highest BCUT2D eigenvalue weighted by Crippen LogP contribution is 2.31.